The van der Waals surface area contributed by atoms with Crippen molar-refractivity contribution in [3.63, 3.8) is 0 Å². The molecule has 6 N–H and O–H groups in total. The molecule has 33 heavy (non-hydrogen) atoms. The highest BCUT2D eigenvalue weighted by Gasteiger charge is 2.41. The molecule has 3 aliphatic rings. The molecule has 11 heteroatoms. The summed E-state index contributed by atoms with van der Waals surface area (Å²) in [4.78, 5) is 0. The Bertz CT molecular complexity index is 470. The lowest BCUT2D eigenvalue weighted by molar-refractivity contribution is -0.310. The van der Waals surface area contributed by atoms with E-state index in [1.54, 1.807) is 6.92 Å². The Balaban J connectivity index is 0.00000158. The van der Waals surface area contributed by atoms with Crippen LogP contribution in [0.3, 0.4) is 0 Å². The molecule has 3 saturated heterocycles. The Kier molecular flexibility index (Phi) is 17.7. The predicted molar refractivity (Wildman–Crippen MR) is 119 cm³/mol. The number of rotatable bonds is 5. The van der Waals surface area contributed by atoms with Crippen molar-refractivity contribution in [2.45, 2.75) is 102 Å². The van der Waals surface area contributed by atoms with E-state index in [1.807, 2.05) is 20.8 Å². The van der Waals surface area contributed by atoms with E-state index < -0.39 is 49.2 Å². The van der Waals surface area contributed by atoms with Gasteiger partial charge < -0.3 is 54.3 Å². The third-order valence-electron chi connectivity index (χ3n) is 5.40. The van der Waals surface area contributed by atoms with E-state index in [-0.39, 0.29) is 31.7 Å². The minimum atomic E-state index is -0.945. The third kappa shape index (κ3) is 10.4. The first-order chi connectivity index (χ1) is 15.9. The van der Waals surface area contributed by atoms with Gasteiger partial charge in [-0.3, -0.25) is 0 Å². The molecule has 0 radical (unpaired) electrons. The van der Waals surface area contributed by atoms with Crippen LogP contribution in [0.5, 0.6) is 0 Å². The van der Waals surface area contributed by atoms with Crippen LogP contribution < -0.4 is 0 Å². The van der Waals surface area contributed by atoms with Crippen LogP contribution in [0.15, 0.2) is 0 Å². The summed E-state index contributed by atoms with van der Waals surface area (Å²) in [5.74, 6) is 0.279. The van der Waals surface area contributed by atoms with Gasteiger partial charge in [0, 0.05) is 27.1 Å². The summed E-state index contributed by atoms with van der Waals surface area (Å²) in [7, 11) is 2.00. The molecule has 0 bridgehead atoms. The average molecular weight is 487 g/mol. The quantitative estimate of drug-likeness (QED) is 0.293. The Labute approximate surface area is 197 Å². The molecule has 11 nitrogen and oxygen atoms in total. The highest BCUT2D eigenvalue weighted by Crippen LogP contribution is 2.28. The van der Waals surface area contributed by atoms with Gasteiger partial charge in [0.15, 0.2) is 12.6 Å². The minimum absolute atomic E-state index is 0.181. The predicted octanol–water partition coefficient (Wildman–Crippen LogP) is -0.619. The summed E-state index contributed by atoms with van der Waals surface area (Å²) in [6, 6.07) is 0. The van der Waals surface area contributed by atoms with Crippen molar-refractivity contribution in [3.8, 4) is 0 Å². The SMILES string of the molecule is CC.CC1COC(OC2COC(OC3CC(O)C(C)O[C@@H]3CO)C(O)C2)C(O)C1.CO.CO. The highest BCUT2D eigenvalue weighted by molar-refractivity contribution is 4.85. The molecular weight excluding hydrogens is 440 g/mol. The van der Waals surface area contributed by atoms with Crippen LogP contribution in [0.4, 0.5) is 0 Å². The molecule has 3 fully saturated rings. The summed E-state index contributed by atoms with van der Waals surface area (Å²) in [6.45, 7) is 8.20. The first-order valence-electron chi connectivity index (χ1n) is 11.6. The van der Waals surface area contributed by atoms with E-state index in [2.05, 4.69) is 0 Å². The van der Waals surface area contributed by atoms with Gasteiger partial charge in [0.25, 0.3) is 0 Å². The number of aliphatic hydroxyl groups is 6. The molecule has 3 rings (SSSR count). The van der Waals surface area contributed by atoms with Crippen LogP contribution in [0, 0.1) is 5.92 Å². The summed E-state index contributed by atoms with van der Waals surface area (Å²) in [5.41, 5.74) is 0. The van der Waals surface area contributed by atoms with Crippen molar-refractivity contribution in [3.05, 3.63) is 0 Å². The average Bonchev–Trinajstić information content (AvgIpc) is 2.83. The Morgan fingerprint density at radius 2 is 1.30 bits per heavy atom. The van der Waals surface area contributed by atoms with E-state index in [4.69, 9.17) is 33.9 Å². The molecule has 200 valence electrons. The fourth-order valence-corrected chi connectivity index (χ4v) is 3.78. The maximum Gasteiger partial charge on any atom is 0.184 e. The Hall–Kier alpha value is -0.440. The van der Waals surface area contributed by atoms with Gasteiger partial charge in [-0.25, -0.2) is 0 Å². The van der Waals surface area contributed by atoms with Gasteiger partial charge in [-0.05, 0) is 19.3 Å². The molecule has 0 amide bonds. The number of ether oxygens (including phenoxy) is 5. The molecule has 3 aliphatic heterocycles. The summed E-state index contributed by atoms with van der Waals surface area (Å²) >= 11 is 0. The number of hydrogen-bond donors (Lipinski definition) is 6. The van der Waals surface area contributed by atoms with Gasteiger partial charge in [0.2, 0.25) is 0 Å². The van der Waals surface area contributed by atoms with Crippen LogP contribution in [0.25, 0.3) is 0 Å². The lowest BCUT2D eigenvalue weighted by atomic mass is 9.99. The molecule has 0 saturated carbocycles. The van der Waals surface area contributed by atoms with Gasteiger partial charge in [-0.1, -0.05) is 20.8 Å². The van der Waals surface area contributed by atoms with Gasteiger partial charge in [0.1, 0.15) is 18.3 Å². The van der Waals surface area contributed by atoms with Crippen molar-refractivity contribution < 1.29 is 54.3 Å². The second-order valence-corrected chi connectivity index (χ2v) is 7.91. The topological polar surface area (TPSA) is 168 Å². The van der Waals surface area contributed by atoms with Crippen molar-refractivity contribution in [2.24, 2.45) is 5.92 Å². The second-order valence-electron chi connectivity index (χ2n) is 7.91. The van der Waals surface area contributed by atoms with Gasteiger partial charge >= 0.3 is 0 Å². The van der Waals surface area contributed by atoms with E-state index in [0.717, 1.165) is 14.2 Å². The Morgan fingerprint density at radius 3 is 1.85 bits per heavy atom. The summed E-state index contributed by atoms with van der Waals surface area (Å²) < 4.78 is 28.2. The van der Waals surface area contributed by atoms with E-state index >= 15 is 0 Å². The first-order valence-corrected chi connectivity index (χ1v) is 11.6. The number of aliphatic hydroxyl groups excluding tert-OH is 6. The maximum atomic E-state index is 10.4. The largest absolute Gasteiger partial charge is 0.400 e. The molecule has 9 unspecified atom stereocenters. The van der Waals surface area contributed by atoms with Crippen LogP contribution in [-0.2, 0) is 23.7 Å². The zero-order chi connectivity index (χ0) is 25.6. The fourth-order valence-electron chi connectivity index (χ4n) is 3.78. The maximum absolute atomic E-state index is 10.4. The standard InChI is InChI=1S/C18H32O9.C2H6.2CH4O/c1-9-3-13(21)17(23-7-9)26-11-4-14(22)18(24-8-11)27-15-5-12(20)10(2)25-16(15)6-19;3*1-2/h9-22H,3-8H2,1-2H3;1-2H3;2*2H,1H3/t9?,10?,11?,12?,13?,14?,15?,16-,17?,18?;;;/m1.../s1. The lowest BCUT2D eigenvalue weighted by Crippen LogP contribution is -2.53. The zero-order valence-electron chi connectivity index (χ0n) is 20.7. The van der Waals surface area contributed by atoms with E-state index in [0.29, 0.717) is 19.4 Å². The van der Waals surface area contributed by atoms with Crippen LogP contribution >= 0.6 is 0 Å². The van der Waals surface area contributed by atoms with E-state index in [9.17, 15) is 20.4 Å². The first kappa shape index (κ1) is 32.6. The summed E-state index contributed by atoms with van der Waals surface area (Å²) in [6.07, 6.45) is -4.78. The molecule has 0 aromatic heterocycles. The normalized spacial score (nSPS) is 40.7. The molecule has 0 spiro atoms. The number of hydrogen-bond acceptors (Lipinski definition) is 11. The lowest BCUT2D eigenvalue weighted by Gasteiger charge is -2.42. The smallest absolute Gasteiger partial charge is 0.184 e. The third-order valence-corrected chi connectivity index (χ3v) is 5.40. The van der Waals surface area contributed by atoms with E-state index in [1.165, 1.54) is 0 Å². The van der Waals surface area contributed by atoms with Crippen molar-refractivity contribution >= 4 is 0 Å². The van der Waals surface area contributed by atoms with Crippen molar-refractivity contribution in [1.29, 1.82) is 0 Å². The highest BCUT2D eigenvalue weighted by atomic mass is 16.7. The zero-order valence-corrected chi connectivity index (χ0v) is 20.7. The molecule has 0 aromatic rings. The molecule has 3 heterocycles. The molecular formula is C22H46O11. The minimum Gasteiger partial charge on any atom is -0.400 e. The molecule has 0 aromatic carbocycles. The second kappa shape index (κ2) is 17.9. The fraction of sp³-hybridized carbons (Fsp3) is 1.00. The molecule has 0 aliphatic carbocycles. The van der Waals surface area contributed by atoms with Gasteiger partial charge in [-0.2, -0.15) is 0 Å². The van der Waals surface area contributed by atoms with Gasteiger partial charge in [0.05, 0.1) is 44.2 Å². The van der Waals surface area contributed by atoms with Gasteiger partial charge in [-0.15, -0.1) is 0 Å². The van der Waals surface area contributed by atoms with Crippen molar-refractivity contribution in [1.82, 2.24) is 0 Å². The molecule has 10 atom stereocenters. The van der Waals surface area contributed by atoms with Crippen LogP contribution in [0.2, 0.25) is 0 Å². The summed E-state index contributed by atoms with van der Waals surface area (Å²) in [5, 5.41) is 53.9. The monoisotopic (exact) mass is 486 g/mol. The Morgan fingerprint density at radius 1 is 0.758 bits per heavy atom. The van der Waals surface area contributed by atoms with Crippen LogP contribution in [-0.4, -0.2) is 120 Å². The van der Waals surface area contributed by atoms with Crippen molar-refractivity contribution in [2.75, 3.05) is 34.0 Å². The van der Waals surface area contributed by atoms with Crippen LogP contribution in [0.1, 0.15) is 47.0 Å².